The van der Waals surface area contributed by atoms with E-state index in [9.17, 15) is 18.0 Å². The maximum Gasteiger partial charge on any atom is 0.391 e. The predicted molar refractivity (Wildman–Crippen MR) is 60.9 cm³/mol. The molecule has 0 aromatic heterocycles. The lowest BCUT2D eigenvalue weighted by Crippen LogP contribution is -2.42. The number of halogens is 3. The van der Waals surface area contributed by atoms with E-state index in [1.165, 1.54) is 0 Å². The van der Waals surface area contributed by atoms with Crippen LogP contribution in [0.3, 0.4) is 0 Å². The highest BCUT2D eigenvalue weighted by Crippen LogP contribution is 2.39. The Labute approximate surface area is 104 Å². The highest BCUT2D eigenvalue weighted by molar-refractivity contribution is 5.79. The first kappa shape index (κ1) is 13.6. The van der Waals surface area contributed by atoms with Crippen molar-refractivity contribution in [2.75, 3.05) is 13.1 Å². The lowest BCUT2D eigenvalue weighted by molar-refractivity contribution is -0.184. The van der Waals surface area contributed by atoms with E-state index in [4.69, 9.17) is 0 Å². The van der Waals surface area contributed by atoms with Crippen LogP contribution in [0.15, 0.2) is 0 Å². The molecule has 6 heteroatoms. The summed E-state index contributed by atoms with van der Waals surface area (Å²) >= 11 is 0. The van der Waals surface area contributed by atoms with E-state index >= 15 is 0 Å². The van der Waals surface area contributed by atoms with Crippen LogP contribution >= 0.6 is 0 Å². The molecule has 1 aliphatic heterocycles. The Morgan fingerprint density at radius 2 is 1.78 bits per heavy atom. The Kier molecular flexibility index (Phi) is 4.14. The van der Waals surface area contributed by atoms with Crippen molar-refractivity contribution >= 4 is 5.91 Å². The second kappa shape index (κ2) is 5.47. The number of amides is 1. The van der Waals surface area contributed by atoms with E-state index in [1.807, 2.05) is 0 Å². The average Bonchev–Trinajstić information content (AvgIpc) is 2.81. The highest BCUT2D eigenvalue weighted by Gasteiger charge is 2.42. The molecular formula is C12H19F3N2O. The summed E-state index contributed by atoms with van der Waals surface area (Å²) in [5, 5.41) is 6.06. The molecule has 2 fully saturated rings. The van der Waals surface area contributed by atoms with Gasteiger partial charge < -0.3 is 10.6 Å². The summed E-state index contributed by atoms with van der Waals surface area (Å²) in [7, 11) is 0. The third kappa shape index (κ3) is 3.37. The van der Waals surface area contributed by atoms with Gasteiger partial charge >= 0.3 is 6.18 Å². The van der Waals surface area contributed by atoms with Crippen LogP contribution in [0, 0.1) is 11.8 Å². The molecule has 0 unspecified atom stereocenters. The quantitative estimate of drug-likeness (QED) is 0.799. The van der Waals surface area contributed by atoms with E-state index in [-0.39, 0.29) is 30.7 Å². The first-order valence-electron chi connectivity index (χ1n) is 6.54. The Hall–Kier alpha value is -0.780. The molecule has 0 radical (unpaired) electrons. The second-order valence-electron chi connectivity index (χ2n) is 5.29. The first-order valence-corrected chi connectivity index (χ1v) is 6.54. The third-order valence-corrected chi connectivity index (χ3v) is 3.97. The van der Waals surface area contributed by atoms with Gasteiger partial charge in [0.05, 0.1) is 5.92 Å². The Morgan fingerprint density at radius 3 is 2.28 bits per heavy atom. The van der Waals surface area contributed by atoms with Gasteiger partial charge in [0.15, 0.2) is 0 Å². The van der Waals surface area contributed by atoms with Gasteiger partial charge in [0.25, 0.3) is 0 Å². The largest absolute Gasteiger partial charge is 0.391 e. The van der Waals surface area contributed by atoms with Crippen molar-refractivity contribution in [3.63, 3.8) is 0 Å². The van der Waals surface area contributed by atoms with E-state index in [0.29, 0.717) is 12.8 Å². The van der Waals surface area contributed by atoms with Gasteiger partial charge in [-0.3, -0.25) is 4.79 Å². The van der Waals surface area contributed by atoms with Crippen molar-refractivity contribution in [3.8, 4) is 0 Å². The minimum Gasteiger partial charge on any atom is -0.352 e. The summed E-state index contributed by atoms with van der Waals surface area (Å²) in [6.07, 6.45) is -2.30. The van der Waals surface area contributed by atoms with Gasteiger partial charge in [0.1, 0.15) is 0 Å². The summed E-state index contributed by atoms with van der Waals surface area (Å²) < 4.78 is 37.5. The number of hydrogen-bond donors (Lipinski definition) is 2. The molecule has 0 spiro atoms. The molecule has 18 heavy (non-hydrogen) atoms. The minimum absolute atomic E-state index is 0.0654. The van der Waals surface area contributed by atoms with Crippen LogP contribution in [0.2, 0.25) is 0 Å². The van der Waals surface area contributed by atoms with Crippen molar-refractivity contribution in [3.05, 3.63) is 0 Å². The topological polar surface area (TPSA) is 41.1 Å². The van der Waals surface area contributed by atoms with Crippen LogP contribution in [-0.4, -0.2) is 31.2 Å². The van der Waals surface area contributed by atoms with Crippen LogP contribution in [0.25, 0.3) is 0 Å². The number of rotatable bonds is 2. The second-order valence-corrected chi connectivity index (χ2v) is 5.29. The molecule has 1 aliphatic carbocycles. The zero-order valence-corrected chi connectivity index (χ0v) is 10.2. The molecule has 0 aromatic rings. The molecule has 1 heterocycles. The molecular weight excluding hydrogens is 245 g/mol. The maximum absolute atomic E-state index is 12.5. The Bertz CT molecular complexity index is 292. The molecule has 3 nitrogen and oxygen atoms in total. The van der Waals surface area contributed by atoms with Crippen LogP contribution in [0.4, 0.5) is 13.2 Å². The Balaban J connectivity index is 1.76. The summed E-state index contributed by atoms with van der Waals surface area (Å²) in [5.41, 5.74) is 0. The van der Waals surface area contributed by atoms with Crippen molar-refractivity contribution in [2.24, 2.45) is 11.8 Å². The normalized spacial score (nSPS) is 33.4. The molecule has 0 aromatic carbocycles. The zero-order chi connectivity index (χ0) is 13.2. The van der Waals surface area contributed by atoms with Crippen LogP contribution < -0.4 is 10.6 Å². The fourth-order valence-corrected chi connectivity index (χ4v) is 2.78. The van der Waals surface area contributed by atoms with Crippen molar-refractivity contribution in [1.29, 1.82) is 0 Å². The van der Waals surface area contributed by atoms with Crippen LogP contribution in [-0.2, 0) is 4.79 Å². The monoisotopic (exact) mass is 264 g/mol. The summed E-state index contributed by atoms with van der Waals surface area (Å²) in [4.78, 5) is 11.9. The highest BCUT2D eigenvalue weighted by atomic mass is 19.4. The first-order chi connectivity index (χ1) is 8.47. The van der Waals surface area contributed by atoms with Gasteiger partial charge in [-0.2, -0.15) is 13.2 Å². The number of hydrogen-bond acceptors (Lipinski definition) is 2. The number of carbonyl (C=O) groups excluding carboxylic acids is 1. The molecule has 2 rings (SSSR count). The number of carbonyl (C=O) groups is 1. The minimum atomic E-state index is -4.10. The third-order valence-electron chi connectivity index (χ3n) is 3.97. The molecule has 2 aliphatic rings. The van der Waals surface area contributed by atoms with Gasteiger partial charge in [0, 0.05) is 18.5 Å². The van der Waals surface area contributed by atoms with Gasteiger partial charge in [-0.15, -0.1) is 0 Å². The zero-order valence-electron chi connectivity index (χ0n) is 10.2. The smallest absolute Gasteiger partial charge is 0.352 e. The Morgan fingerprint density at radius 1 is 1.11 bits per heavy atom. The molecule has 1 atom stereocenters. The van der Waals surface area contributed by atoms with E-state index in [2.05, 4.69) is 10.6 Å². The fourth-order valence-electron chi connectivity index (χ4n) is 2.78. The standard InChI is InChI=1S/C12H19F3N2O/c13-12(14,15)9-3-1-8(2-4-9)11(18)17-10-5-6-16-7-10/h8-10,16H,1-7H2,(H,17,18)/t8?,9?,10-/m1/s1. The summed E-state index contributed by atoms with van der Waals surface area (Å²) in [6, 6.07) is 0.151. The van der Waals surface area contributed by atoms with Crippen LogP contribution in [0.5, 0.6) is 0 Å². The maximum atomic E-state index is 12.5. The van der Waals surface area contributed by atoms with Crippen LogP contribution in [0.1, 0.15) is 32.1 Å². The fraction of sp³-hybridized carbons (Fsp3) is 0.917. The molecule has 1 saturated carbocycles. The number of nitrogens with one attached hydrogen (secondary N) is 2. The van der Waals surface area contributed by atoms with E-state index in [1.54, 1.807) is 0 Å². The summed E-state index contributed by atoms with van der Waals surface area (Å²) in [6.45, 7) is 1.66. The van der Waals surface area contributed by atoms with Crippen molar-refractivity contribution in [2.45, 2.75) is 44.3 Å². The predicted octanol–water partition coefficient (Wildman–Crippen LogP) is 1.83. The molecule has 1 saturated heterocycles. The van der Waals surface area contributed by atoms with Crippen molar-refractivity contribution < 1.29 is 18.0 Å². The van der Waals surface area contributed by atoms with Gasteiger partial charge in [-0.05, 0) is 38.6 Å². The molecule has 104 valence electrons. The molecule has 0 bridgehead atoms. The van der Waals surface area contributed by atoms with Gasteiger partial charge in [0.2, 0.25) is 5.91 Å². The average molecular weight is 264 g/mol. The van der Waals surface area contributed by atoms with E-state index in [0.717, 1.165) is 19.5 Å². The lowest BCUT2D eigenvalue weighted by atomic mass is 9.81. The molecule has 2 N–H and O–H groups in total. The van der Waals surface area contributed by atoms with Crippen molar-refractivity contribution in [1.82, 2.24) is 10.6 Å². The van der Waals surface area contributed by atoms with Gasteiger partial charge in [-0.1, -0.05) is 0 Å². The number of alkyl halides is 3. The summed E-state index contributed by atoms with van der Waals surface area (Å²) in [5.74, 6) is -1.51. The van der Waals surface area contributed by atoms with E-state index < -0.39 is 12.1 Å². The van der Waals surface area contributed by atoms with Gasteiger partial charge in [-0.25, -0.2) is 0 Å². The lowest BCUT2D eigenvalue weighted by Gasteiger charge is -2.29. The SMILES string of the molecule is O=C(N[C@@H]1CCNC1)C1CCC(C(F)(F)F)CC1. The molecule has 1 amide bonds.